The fourth-order valence-corrected chi connectivity index (χ4v) is 2.63. The molecule has 11 heteroatoms. The number of hydrogen-bond donors (Lipinski definition) is 1. The van der Waals surface area contributed by atoms with Gasteiger partial charge in [-0.3, -0.25) is 14.9 Å². The smallest absolute Gasteiger partial charge is 0.493 e. The molecule has 30 heavy (non-hydrogen) atoms. The van der Waals surface area contributed by atoms with Gasteiger partial charge in [0.15, 0.2) is 11.5 Å². The number of ether oxygens (including phenoxy) is 3. The maximum Gasteiger partial charge on any atom is 0.573 e. The average Bonchev–Trinajstić information content (AvgIpc) is 2.66. The minimum atomic E-state index is -4.81. The Balaban J connectivity index is 2.25. The van der Waals surface area contributed by atoms with Crippen molar-refractivity contribution in [2.45, 2.75) is 26.3 Å². The van der Waals surface area contributed by atoms with E-state index in [4.69, 9.17) is 9.47 Å². The van der Waals surface area contributed by atoms with Crippen LogP contribution in [0, 0.1) is 10.1 Å². The minimum absolute atomic E-state index is 0.105. The molecular weight excluding hydrogens is 409 g/mol. The predicted octanol–water partition coefficient (Wildman–Crippen LogP) is 4.39. The van der Waals surface area contributed by atoms with E-state index in [2.05, 4.69) is 10.1 Å². The Morgan fingerprint density at radius 3 is 2.33 bits per heavy atom. The standard InChI is InChI=1S/C19H19F3N2O6/c1-4-29-17-9-14(15(24(26)27)10-16(17)28-3)18(25)23-11(2)12-5-7-13(8-6-12)30-19(20,21)22/h5-11H,4H2,1-3H3,(H,23,25). The molecule has 2 aromatic carbocycles. The van der Waals surface area contributed by atoms with Gasteiger partial charge in [0.05, 0.1) is 30.7 Å². The number of halogens is 3. The second-order valence-electron chi connectivity index (χ2n) is 6.02. The second-order valence-corrected chi connectivity index (χ2v) is 6.02. The van der Waals surface area contributed by atoms with Crippen molar-refractivity contribution in [2.24, 2.45) is 0 Å². The molecule has 1 atom stereocenters. The molecule has 0 saturated carbocycles. The molecule has 0 aliphatic carbocycles. The summed E-state index contributed by atoms with van der Waals surface area (Å²) in [5, 5.41) is 14.0. The molecule has 0 fully saturated rings. The van der Waals surface area contributed by atoms with Gasteiger partial charge in [-0.25, -0.2) is 0 Å². The van der Waals surface area contributed by atoms with Gasteiger partial charge in [0.1, 0.15) is 11.3 Å². The van der Waals surface area contributed by atoms with Gasteiger partial charge in [-0.15, -0.1) is 13.2 Å². The topological polar surface area (TPSA) is 99.9 Å². The molecule has 2 aromatic rings. The quantitative estimate of drug-likeness (QED) is 0.494. The third-order valence-corrected chi connectivity index (χ3v) is 3.98. The SMILES string of the molecule is CCOc1cc(C(=O)NC(C)c2ccc(OC(F)(F)F)cc2)c([N+](=O)[O-])cc1OC. The summed E-state index contributed by atoms with van der Waals surface area (Å²) in [5.74, 6) is -0.893. The average molecular weight is 428 g/mol. The monoisotopic (exact) mass is 428 g/mol. The summed E-state index contributed by atoms with van der Waals surface area (Å²) in [6.07, 6.45) is -4.81. The van der Waals surface area contributed by atoms with E-state index in [1.54, 1.807) is 13.8 Å². The van der Waals surface area contributed by atoms with E-state index in [0.717, 1.165) is 18.2 Å². The lowest BCUT2D eigenvalue weighted by Crippen LogP contribution is -2.27. The van der Waals surface area contributed by atoms with E-state index in [1.807, 2.05) is 0 Å². The normalized spacial score (nSPS) is 12.1. The number of alkyl halides is 3. The number of nitro benzene ring substituents is 1. The van der Waals surface area contributed by atoms with E-state index < -0.39 is 34.7 Å². The molecule has 0 saturated heterocycles. The minimum Gasteiger partial charge on any atom is -0.493 e. The Kier molecular flexibility index (Phi) is 7.09. The first-order valence-electron chi connectivity index (χ1n) is 8.71. The maximum absolute atomic E-state index is 12.7. The lowest BCUT2D eigenvalue weighted by atomic mass is 10.1. The number of benzene rings is 2. The molecule has 0 aliphatic heterocycles. The number of nitro groups is 1. The summed E-state index contributed by atoms with van der Waals surface area (Å²) >= 11 is 0. The largest absolute Gasteiger partial charge is 0.573 e. The van der Waals surface area contributed by atoms with Gasteiger partial charge in [-0.2, -0.15) is 0 Å². The van der Waals surface area contributed by atoms with E-state index in [9.17, 15) is 28.1 Å². The molecule has 0 radical (unpaired) electrons. The highest BCUT2D eigenvalue weighted by molar-refractivity contribution is 5.99. The van der Waals surface area contributed by atoms with Gasteiger partial charge in [0, 0.05) is 6.07 Å². The summed E-state index contributed by atoms with van der Waals surface area (Å²) < 4.78 is 51.0. The van der Waals surface area contributed by atoms with Crippen LogP contribution in [0.3, 0.4) is 0 Å². The highest BCUT2D eigenvalue weighted by atomic mass is 19.4. The van der Waals surface area contributed by atoms with E-state index >= 15 is 0 Å². The third-order valence-electron chi connectivity index (χ3n) is 3.98. The number of nitrogens with one attached hydrogen (secondary N) is 1. The van der Waals surface area contributed by atoms with Gasteiger partial charge in [0.2, 0.25) is 0 Å². The fraction of sp³-hybridized carbons (Fsp3) is 0.316. The van der Waals surface area contributed by atoms with Crippen LogP contribution in [0.15, 0.2) is 36.4 Å². The van der Waals surface area contributed by atoms with Crippen molar-refractivity contribution in [3.05, 3.63) is 57.6 Å². The van der Waals surface area contributed by atoms with Gasteiger partial charge >= 0.3 is 6.36 Å². The first kappa shape index (κ1) is 22.8. The van der Waals surface area contributed by atoms with Crippen LogP contribution in [0.2, 0.25) is 0 Å². The molecule has 1 amide bonds. The number of nitrogens with zero attached hydrogens (tertiary/aromatic N) is 1. The van der Waals surface area contributed by atoms with Crippen molar-refractivity contribution >= 4 is 11.6 Å². The molecule has 0 spiro atoms. The van der Waals surface area contributed by atoms with Crippen LogP contribution in [-0.2, 0) is 0 Å². The summed E-state index contributed by atoms with van der Waals surface area (Å²) in [7, 11) is 1.32. The van der Waals surface area contributed by atoms with Gasteiger partial charge in [0.25, 0.3) is 11.6 Å². The molecular formula is C19H19F3N2O6. The molecule has 162 valence electrons. The molecule has 2 rings (SSSR count). The van der Waals surface area contributed by atoms with Gasteiger partial charge in [-0.05, 0) is 31.5 Å². The first-order valence-corrected chi connectivity index (χ1v) is 8.71. The molecule has 0 bridgehead atoms. The zero-order valence-electron chi connectivity index (χ0n) is 16.3. The van der Waals surface area contributed by atoms with Crippen LogP contribution < -0.4 is 19.5 Å². The number of carbonyl (C=O) groups is 1. The fourth-order valence-electron chi connectivity index (χ4n) is 2.63. The summed E-state index contributed by atoms with van der Waals surface area (Å²) in [6.45, 7) is 3.53. The predicted molar refractivity (Wildman–Crippen MR) is 99.8 cm³/mol. The lowest BCUT2D eigenvalue weighted by molar-refractivity contribution is -0.385. The third kappa shape index (κ3) is 5.75. The van der Waals surface area contributed by atoms with Crippen LogP contribution in [-0.4, -0.2) is 30.9 Å². The van der Waals surface area contributed by atoms with Crippen molar-refractivity contribution < 1.29 is 37.1 Å². The van der Waals surface area contributed by atoms with Crippen molar-refractivity contribution in [1.82, 2.24) is 5.32 Å². The van der Waals surface area contributed by atoms with Crippen molar-refractivity contribution in [1.29, 1.82) is 0 Å². The summed E-state index contributed by atoms with van der Waals surface area (Å²) in [4.78, 5) is 23.4. The van der Waals surface area contributed by atoms with E-state index in [1.165, 1.54) is 25.3 Å². The Morgan fingerprint density at radius 1 is 1.20 bits per heavy atom. The molecule has 1 unspecified atom stereocenters. The van der Waals surface area contributed by atoms with Crippen molar-refractivity contribution in [3.63, 3.8) is 0 Å². The Labute approximate surface area is 169 Å². The molecule has 0 aromatic heterocycles. The van der Waals surface area contributed by atoms with Crippen LogP contribution in [0.4, 0.5) is 18.9 Å². The van der Waals surface area contributed by atoms with Crippen molar-refractivity contribution in [2.75, 3.05) is 13.7 Å². The van der Waals surface area contributed by atoms with E-state index in [0.29, 0.717) is 5.56 Å². The Hall–Kier alpha value is -3.50. The Bertz CT molecular complexity index is 916. The first-order chi connectivity index (χ1) is 14.1. The summed E-state index contributed by atoms with van der Waals surface area (Å²) in [6, 6.07) is 6.55. The summed E-state index contributed by atoms with van der Waals surface area (Å²) in [5.41, 5.74) is -0.249. The number of methoxy groups -OCH3 is 1. The number of carbonyl (C=O) groups excluding carboxylic acids is 1. The van der Waals surface area contributed by atoms with Crippen molar-refractivity contribution in [3.8, 4) is 17.2 Å². The van der Waals surface area contributed by atoms with Crippen LogP contribution >= 0.6 is 0 Å². The highest BCUT2D eigenvalue weighted by Crippen LogP contribution is 2.35. The Morgan fingerprint density at radius 2 is 1.83 bits per heavy atom. The molecule has 8 nitrogen and oxygen atoms in total. The number of rotatable bonds is 8. The highest BCUT2D eigenvalue weighted by Gasteiger charge is 2.31. The van der Waals surface area contributed by atoms with Crippen LogP contribution in [0.5, 0.6) is 17.2 Å². The van der Waals surface area contributed by atoms with Gasteiger partial charge < -0.3 is 19.5 Å². The zero-order chi connectivity index (χ0) is 22.5. The zero-order valence-corrected chi connectivity index (χ0v) is 16.3. The number of amides is 1. The molecule has 0 aliphatic rings. The van der Waals surface area contributed by atoms with Crippen LogP contribution in [0.25, 0.3) is 0 Å². The second kappa shape index (κ2) is 9.33. The lowest BCUT2D eigenvalue weighted by Gasteiger charge is -2.16. The molecule has 1 N–H and O–H groups in total. The van der Waals surface area contributed by atoms with Crippen LogP contribution in [0.1, 0.15) is 35.8 Å². The van der Waals surface area contributed by atoms with E-state index in [-0.39, 0.29) is 23.7 Å². The van der Waals surface area contributed by atoms with Gasteiger partial charge in [-0.1, -0.05) is 12.1 Å². The maximum atomic E-state index is 12.7. The number of hydrogen-bond acceptors (Lipinski definition) is 6. The molecule has 0 heterocycles.